The van der Waals surface area contributed by atoms with Gasteiger partial charge in [0.2, 0.25) is 11.8 Å². The second-order valence-electron chi connectivity index (χ2n) is 12.7. The summed E-state index contributed by atoms with van der Waals surface area (Å²) in [5, 5.41) is 3.22. The van der Waals surface area contributed by atoms with E-state index < -0.39 is 28.5 Å². The summed E-state index contributed by atoms with van der Waals surface area (Å²) in [4.78, 5) is 30.6. The van der Waals surface area contributed by atoms with E-state index in [0.717, 1.165) is 53.5 Å². The molecule has 1 unspecified atom stereocenters. The van der Waals surface area contributed by atoms with Gasteiger partial charge in [-0.25, -0.2) is 8.42 Å². The largest absolute Gasteiger partial charge is 0.497 e. The van der Waals surface area contributed by atoms with Gasteiger partial charge in [0.05, 0.1) is 17.7 Å². The van der Waals surface area contributed by atoms with Crippen LogP contribution in [-0.4, -0.2) is 50.9 Å². The van der Waals surface area contributed by atoms with Gasteiger partial charge in [-0.2, -0.15) is 0 Å². The predicted molar refractivity (Wildman–Crippen MR) is 190 cm³/mol. The minimum Gasteiger partial charge on any atom is -0.497 e. The summed E-state index contributed by atoms with van der Waals surface area (Å²) in [6.45, 7) is 5.25. The first-order valence-electron chi connectivity index (χ1n) is 16.5. The maximum atomic E-state index is 14.8. The molecule has 0 heterocycles. The summed E-state index contributed by atoms with van der Waals surface area (Å²) in [5.74, 6) is -0.119. The lowest BCUT2D eigenvalue weighted by molar-refractivity contribution is -0.140. The lowest BCUT2D eigenvalue weighted by Crippen LogP contribution is -2.54. The molecular formula is C39H45N3O5S. The van der Waals surface area contributed by atoms with Crippen molar-refractivity contribution in [1.29, 1.82) is 0 Å². The van der Waals surface area contributed by atoms with E-state index >= 15 is 0 Å². The van der Waals surface area contributed by atoms with Gasteiger partial charge < -0.3 is 15.0 Å². The number of anilines is 1. The predicted octanol–water partition coefficient (Wildman–Crippen LogP) is 6.51. The number of carbonyl (C=O) groups is 2. The quantitative estimate of drug-likeness (QED) is 0.175. The molecule has 4 aromatic rings. The Kier molecular flexibility index (Phi) is 11.2. The Balaban J connectivity index is 1.59. The lowest BCUT2D eigenvalue weighted by Gasteiger charge is -2.34. The van der Waals surface area contributed by atoms with Crippen molar-refractivity contribution in [3.63, 3.8) is 0 Å². The number of amides is 2. The summed E-state index contributed by atoms with van der Waals surface area (Å²) in [6.07, 6.45) is 4.14. The number of hydrogen-bond donors (Lipinski definition) is 1. The van der Waals surface area contributed by atoms with Gasteiger partial charge in [-0.15, -0.1) is 0 Å². The fourth-order valence-corrected chi connectivity index (χ4v) is 7.80. The van der Waals surface area contributed by atoms with Crippen LogP contribution in [-0.2, 0) is 32.6 Å². The Morgan fingerprint density at radius 2 is 1.50 bits per heavy atom. The van der Waals surface area contributed by atoms with E-state index in [2.05, 4.69) is 5.32 Å². The van der Waals surface area contributed by atoms with Crippen LogP contribution in [0.2, 0.25) is 0 Å². The van der Waals surface area contributed by atoms with Crippen LogP contribution in [0.3, 0.4) is 0 Å². The molecule has 1 N–H and O–H groups in total. The fourth-order valence-electron chi connectivity index (χ4n) is 6.33. The van der Waals surface area contributed by atoms with Crippen LogP contribution in [0, 0.1) is 20.8 Å². The molecule has 48 heavy (non-hydrogen) atoms. The Labute approximate surface area is 284 Å². The number of nitrogens with one attached hydrogen (secondary N) is 1. The highest BCUT2D eigenvalue weighted by Gasteiger charge is 2.36. The maximum absolute atomic E-state index is 14.8. The van der Waals surface area contributed by atoms with Crippen molar-refractivity contribution in [2.24, 2.45) is 0 Å². The highest BCUT2D eigenvalue weighted by Crippen LogP contribution is 2.29. The lowest BCUT2D eigenvalue weighted by atomic mass is 10.0. The molecule has 5 rings (SSSR count). The van der Waals surface area contributed by atoms with Crippen molar-refractivity contribution in [1.82, 2.24) is 10.2 Å². The number of ether oxygens (including phenoxy) is 1. The van der Waals surface area contributed by atoms with Gasteiger partial charge in [0.15, 0.2) is 0 Å². The molecular weight excluding hydrogens is 623 g/mol. The Morgan fingerprint density at radius 3 is 2.17 bits per heavy atom. The zero-order valence-electron chi connectivity index (χ0n) is 28.2. The smallest absolute Gasteiger partial charge is 0.264 e. The Bertz CT molecular complexity index is 1820. The third kappa shape index (κ3) is 8.44. The molecule has 4 aromatic carbocycles. The number of hydrogen-bond acceptors (Lipinski definition) is 5. The number of carbonyl (C=O) groups excluding carboxylic acids is 2. The summed E-state index contributed by atoms with van der Waals surface area (Å²) in [5.41, 5.74) is 4.68. The number of aryl methyl sites for hydroxylation is 3. The van der Waals surface area contributed by atoms with Crippen LogP contribution in [0.25, 0.3) is 0 Å². The first-order chi connectivity index (χ1) is 23.0. The minimum atomic E-state index is -4.18. The van der Waals surface area contributed by atoms with E-state index in [0.29, 0.717) is 11.4 Å². The van der Waals surface area contributed by atoms with Gasteiger partial charge in [-0.05, 0) is 80.6 Å². The van der Waals surface area contributed by atoms with Crippen molar-refractivity contribution in [2.75, 3.05) is 18.0 Å². The first kappa shape index (κ1) is 34.7. The van der Waals surface area contributed by atoms with Gasteiger partial charge in [0.1, 0.15) is 18.3 Å². The van der Waals surface area contributed by atoms with Crippen molar-refractivity contribution in [3.05, 3.63) is 125 Å². The maximum Gasteiger partial charge on any atom is 0.264 e. The monoisotopic (exact) mass is 667 g/mol. The summed E-state index contributed by atoms with van der Waals surface area (Å²) in [6, 6.07) is 28.2. The summed E-state index contributed by atoms with van der Waals surface area (Å²) >= 11 is 0. The zero-order chi connectivity index (χ0) is 34.3. The molecule has 0 bridgehead atoms. The molecule has 1 atom stereocenters. The second kappa shape index (κ2) is 15.5. The molecule has 2 amide bonds. The standard InChI is InChI=1S/C39H45N3O5S/c1-28-17-20-35(21-18-28)48(45,46)42(36-22-19-29(2)23-30(36)3)27-38(43)41(26-32-13-10-16-34(24-32)47-4)37(25-31-11-6-5-7-12-31)39(44)40-33-14-8-9-15-33/h5-7,10-13,16-24,33,37H,8-9,14-15,25-27H2,1-4H3,(H,40,44). The average Bonchev–Trinajstić information content (AvgIpc) is 3.59. The van der Waals surface area contributed by atoms with Gasteiger partial charge >= 0.3 is 0 Å². The molecule has 1 aliphatic rings. The van der Waals surface area contributed by atoms with Crippen LogP contribution in [0.15, 0.2) is 102 Å². The summed E-state index contributed by atoms with van der Waals surface area (Å²) in [7, 11) is -2.60. The number of benzene rings is 4. The molecule has 0 aromatic heterocycles. The zero-order valence-corrected chi connectivity index (χ0v) is 29.0. The van der Waals surface area contributed by atoms with E-state index in [1.165, 1.54) is 9.21 Å². The number of sulfonamides is 1. The SMILES string of the molecule is COc1cccc(CN(C(=O)CN(c2ccc(C)cc2C)S(=O)(=O)c2ccc(C)cc2)C(Cc2ccccc2)C(=O)NC2CCCC2)c1. The highest BCUT2D eigenvalue weighted by atomic mass is 32.2. The molecule has 9 heteroatoms. The van der Waals surface area contributed by atoms with Crippen molar-refractivity contribution in [2.45, 2.75) is 76.4 Å². The van der Waals surface area contributed by atoms with Gasteiger partial charge in [0.25, 0.3) is 10.0 Å². The van der Waals surface area contributed by atoms with E-state index in [4.69, 9.17) is 4.74 Å². The molecule has 1 aliphatic carbocycles. The summed E-state index contributed by atoms with van der Waals surface area (Å²) < 4.78 is 35.4. The minimum absolute atomic E-state index is 0.0400. The van der Waals surface area contributed by atoms with E-state index in [1.807, 2.05) is 87.5 Å². The third-order valence-corrected chi connectivity index (χ3v) is 10.7. The molecule has 252 valence electrons. The van der Waals surface area contributed by atoms with Crippen molar-refractivity contribution in [3.8, 4) is 5.75 Å². The number of methoxy groups -OCH3 is 1. The number of rotatable bonds is 13. The van der Waals surface area contributed by atoms with Gasteiger partial charge in [-0.1, -0.05) is 90.7 Å². The fraction of sp³-hybridized carbons (Fsp3) is 0.333. The van der Waals surface area contributed by atoms with Gasteiger partial charge in [0, 0.05) is 19.0 Å². The molecule has 8 nitrogen and oxygen atoms in total. The molecule has 0 saturated heterocycles. The van der Waals surface area contributed by atoms with Crippen molar-refractivity contribution >= 4 is 27.5 Å². The van der Waals surface area contributed by atoms with Crippen LogP contribution >= 0.6 is 0 Å². The van der Waals surface area contributed by atoms with Crippen LogP contribution in [0.4, 0.5) is 5.69 Å². The van der Waals surface area contributed by atoms with Gasteiger partial charge in [-0.3, -0.25) is 13.9 Å². The average molecular weight is 668 g/mol. The Hall–Kier alpha value is -4.63. The van der Waals surface area contributed by atoms with Crippen LogP contribution in [0.5, 0.6) is 5.75 Å². The third-order valence-electron chi connectivity index (χ3n) is 8.97. The molecule has 1 saturated carbocycles. The normalized spacial score (nSPS) is 13.9. The molecule has 0 radical (unpaired) electrons. The topological polar surface area (TPSA) is 96.0 Å². The van der Waals surface area contributed by atoms with Crippen molar-refractivity contribution < 1.29 is 22.7 Å². The highest BCUT2D eigenvalue weighted by molar-refractivity contribution is 7.92. The van der Waals surface area contributed by atoms with Crippen LogP contribution in [0.1, 0.15) is 53.5 Å². The number of nitrogens with zero attached hydrogens (tertiary/aromatic N) is 2. The van der Waals surface area contributed by atoms with E-state index in [9.17, 15) is 18.0 Å². The molecule has 1 fully saturated rings. The second-order valence-corrected chi connectivity index (χ2v) is 14.5. The van der Waals surface area contributed by atoms with Crippen LogP contribution < -0.4 is 14.4 Å². The first-order valence-corrected chi connectivity index (χ1v) is 17.9. The van der Waals surface area contributed by atoms with E-state index in [-0.39, 0.29) is 29.8 Å². The molecule has 0 spiro atoms. The Morgan fingerprint density at radius 1 is 0.833 bits per heavy atom. The van der Waals surface area contributed by atoms with E-state index in [1.54, 1.807) is 37.4 Å². The molecule has 0 aliphatic heterocycles.